The molecule has 0 aromatic rings. The lowest BCUT2D eigenvalue weighted by Crippen LogP contribution is -2.16. The van der Waals surface area contributed by atoms with Crippen LogP contribution in [-0.2, 0) is 4.74 Å². The summed E-state index contributed by atoms with van der Waals surface area (Å²) in [6.45, 7) is 3.25. The lowest BCUT2D eigenvalue weighted by Gasteiger charge is -2.04. The van der Waals surface area contributed by atoms with Gasteiger partial charge in [0.05, 0.1) is 13.2 Å². The predicted molar refractivity (Wildman–Crippen MR) is 29.2 cm³/mol. The zero-order valence-electron chi connectivity index (χ0n) is 4.58. The lowest BCUT2D eigenvalue weighted by atomic mass is 10.6. The topological polar surface area (TPSA) is 49.7 Å². The third-order valence-electron chi connectivity index (χ3n) is 0.563. The molecule has 0 unspecified atom stereocenters. The molecule has 0 aliphatic rings. The van der Waals surface area contributed by atoms with Gasteiger partial charge in [0.15, 0.2) is 6.29 Å². The van der Waals surface area contributed by atoms with E-state index in [-0.39, 0.29) is 13.2 Å². The van der Waals surface area contributed by atoms with Crippen molar-refractivity contribution in [2.45, 2.75) is 6.29 Å². The van der Waals surface area contributed by atoms with Crippen LogP contribution in [0.1, 0.15) is 0 Å². The van der Waals surface area contributed by atoms with E-state index in [1.807, 2.05) is 0 Å². The number of hydrogen-bond donors (Lipinski definition) is 2. The van der Waals surface area contributed by atoms with Gasteiger partial charge in [-0.25, -0.2) is 0 Å². The number of ether oxygens (including phenoxy) is 1. The minimum atomic E-state index is -1.06. The van der Waals surface area contributed by atoms with Crippen molar-refractivity contribution >= 4 is 0 Å². The average Bonchev–Trinajstić information content (AvgIpc) is 1.83. The standard InChI is InChI=1S/C5H10O3/c1-2-3-8-5(7)4-6/h2,5-7H,1,3-4H2/t5-/m1/s1. The normalized spacial score (nSPS) is 13.2. The Morgan fingerprint density at radius 3 is 2.75 bits per heavy atom. The van der Waals surface area contributed by atoms with Gasteiger partial charge in [0.2, 0.25) is 0 Å². The minimum absolute atomic E-state index is 0.266. The highest BCUT2D eigenvalue weighted by Crippen LogP contribution is 1.82. The van der Waals surface area contributed by atoms with Crippen LogP contribution >= 0.6 is 0 Å². The molecule has 0 saturated heterocycles. The summed E-state index contributed by atoms with van der Waals surface area (Å²) in [7, 11) is 0. The fraction of sp³-hybridized carbons (Fsp3) is 0.600. The zero-order chi connectivity index (χ0) is 6.41. The molecule has 2 N–H and O–H groups in total. The van der Waals surface area contributed by atoms with Gasteiger partial charge in [-0.2, -0.15) is 0 Å². The Morgan fingerprint density at radius 1 is 1.75 bits per heavy atom. The van der Waals surface area contributed by atoms with Crippen LogP contribution in [0.3, 0.4) is 0 Å². The van der Waals surface area contributed by atoms with Crippen LogP contribution in [-0.4, -0.2) is 29.7 Å². The highest BCUT2D eigenvalue weighted by atomic mass is 16.6. The molecule has 1 atom stereocenters. The van der Waals surface area contributed by atoms with Gasteiger partial charge in [-0.1, -0.05) is 6.08 Å². The maximum atomic E-state index is 8.47. The van der Waals surface area contributed by atoms with Crippen LogP contribution in [0, 0.1) is 0 Å². The summed E-state index contributed by atoms with van der Waals surface area (Å²) >= 11 is 0. The summed E-state index contributed by atoms with van der Waals surface area (Å²) in [5.74, 6) is 0. The Morgan fingerprint density at radius 2 is 2.38 bits per heavy atom. The van der Waals surface area contributed by atoms with Gasteiger partial charge < -0.3 is 14.9 Å². The Balaban J connectivity index is 2.97. The summed E-state index contributed by atoms with van der Waals surface area (Å²) in [6, 6.07) is 0. The first-order valence-corrected chi connectivity index (χ1v) is 2.32. The van der Waals surface area contributed by atoms with Gasteiger partial charge in [-0.3, -0.25) is 0 Å². The highest BCUT2D eigenvalue weighted by Gasteiger charge is 1.96. The molecule has 0 fully saturated rings. The van der Waals surface area contributed by atoms with Gasteiger partial charge in [-0.15, -0.1) is 6.58 Å². The maximum Gasteiger partial charge on any atom is 0.178 e. The summed E-state index contributed by atoms with van der Waals surface area (Å²) < 4.78 is 4.53. The van der Waals surface area contributed by atoms with Gasteiger partial charge >= 0.3 is 0 Å². The quantitative estimate of drug-likeness (QED) is 0.386. The summed E-state index contributed by atoms with van der Waals surface area (Å²) in [5.41, 5.74) is 0. The van der Waals surface area contributed by atoms with Crippen molar-refractivity contribution in [1.29, 1.82) is 0 Å². The SMILES string of the molecule is C=CCO[C@@H](O)CO. The van der Waals surface area contributed by atoms with E-state index in [1.165, 1.54) is 6.08 Å². The Bertz CT molecular complexity index is 62.7. The molecule has 0 aromatic heterocycles. The molecular formula is C5H10O3. The third kappa shape index (κ3) is 3.80. The van der Waals surface area contributed by atoms with Crippen molar-refractivity contribution in [3.63, 3.8) is 0 Å². The van der Waals surface area contributed by atoms with E-state index in [0.29, 0.717) is 0 Å². The molecule has 3 nitrogen and oxygen atoms in total. The van der Waals surface area contributed by atoms with Gasteiger partial charge in [-0.05, 0) is 0 Å². The summed E-state index contributed by atoms with van der Waals surface area (Å²) in [4.78, 5) is 0. The van der Waals surface area contributed by atoms with Gasteiger partial charge in [0, 0.05) is 0 Å². The third-order valence-corrected chi connectivity index (χ3v) is 0.563. The largest absolute Gasteiger partial charge is 0.391 e. The van der Waals surface area contributed by atoms with Crippen molar-refractivity contribution in [3.8, 4) is 0 Å². The molecule has 0 aliphatic carbocycles. The zero-order valence-corrected chi connectivity index (χ0v) is 4.58. The molecule has 0 amide bonds. The Labute approximate surface area is 48.2 Å². The van der Waals surface area contributed by atoms with E-state index in [9.17, 15) is 0 Å². The fourth-order valence-electron chi connectivity index (χ4n) is 0.232. The number of aliphatic hydroxyl groups excluding tert-OH is 2. The van der Waals surface area contributed by atoms with E-state index in [1.54, 1.807) is 0 Å². The monoisotopic (exact) mass is 118 g/mol. The molecule has 0 heterocycles. The molecule has 0 radical (unpaired) electrons. The molecule has 0 bridgehead atoms. The highest BCUT2D eigenvalue weighted by molar-refractivity contribution is 4.63. The molecule has 0 aromatic carbocycles. The lowest BCUT2D eigenvalue weighted by molar-refractivity contribution is -0.115. The van der Waals surface area contributed by atoms with Crippen molar-refractivity contribution in [2.75, 3.05) is 13.2 Å². The van der Waals surface area contributed by atoms with E-state index >= 15 is 0 Å². The second-order valence-electron chi connectivity index (χ2n) is 1.26. The fourth-order valence-corrected chi connectivity index (χ4v) is 0.232. The van der Waals surface area contributed by atoms with Crippen LogP contribution in [0.25, 0.3) is 0 Å². The van der Waals surface area contributed by atoms with Crippen LogP contribution in [0.2, 0.25) is 0 Å². The van der Waals surface area contributed by atoms with Crippen LogP contribution < -0.4 is 0 Å². The van der Waals surface area contributed by atoms with Gasteiger partial charge in [0.1, 0.15) is 0 Å². The van der Waals surface area contributed by atoms with Crippen molar-refractivity contribution in [2.24, 2.45) is 0 Å². The number of hydrogen-bond acceptors (Lipinski definition) is 3. The number of rotatable bonds is 4. The Hall–Kier alpha value is -0.380. The molecule has 48 valence electrons. The van der Waals surface area contributed by atoms with Crippen LogP contribution in [0.5, 0.6) is 0 Å². The first-order chi connectivity index (χ1) is 3.81. The van der Waals surface area contributed by atoms with Crippen LogP contribution in [0.15, 0.2) is 12.7 Å². The molecule has 0 saturated carbocycles. The summed E-state index contributed by atoms with van der Waals surface area (Å²) in [5, 5.41) is 16.6. The minimum Gasteiger partial charge on any atom is -0.391 e. The predicted octanol–water partition coefficient (Wildman–Crippen LogP) is -0.500. The molecule has 8 heavy (non-hydrogen) atoms. The Kier molecular flexibility index (Phi) is 4.54. The van der Waals surface area contributed by atoms with E-state index in [2.05, 4.69) is 11.3 Å². The molecular weight excluding hydrogens is 108 g/mol. The molecule has 0 rings (SSSR count). The van der Waals surface area contributed by atoms with E-state index in [4.69, 9.17) is 10.2 Å². The van der Waals surface area contributed by atoms with E-state index in [0.717, 1.165) is 0 Å². The van der Waals surface area contributed by atoms with Gasteiger partial charge in [0.25, 0.3) is 0 Å². The smallest absolute Gasteiger partial charge is 0.178 e. The molecule has 0 spiro atoms. The van der Waals surface area contributed by atoms with Crippen LogP contribution in [0.4, 0.5) is 0 Å². The second-order valence-corrected chi connectivity index (χ2v) is 1.26. The first-order valence-electron chi connectivity index (χ1n) is 2.32. The first kappa shape index (κ1) is 7.62. The molecule has 0 aliphatic heterocycles. The van der Waals surface area contributed by atoms with E-state index < -0.39 is 6.29 Å². The second kappa shape index (κ2) is 4.77. The summed E-state index contributed by atoms with van der Waals surface area (Å²) in [6.07, 6.45) is 0.437. The van der Waals surface area contributed by atoms with Crippen molar-refractivity contribution in [3.05, 3.63) is 12.7 Å². The van der Waals surface area contributed by atoms with Crippen molar-refractivity contribution in [1.82, 2.24) is 0 Å². The number of aliphatic hydroxyl groups is 2. The molecule has 3 heteroatoms. The average molecular weight is 118 g/mol. The van der Waals surface area contributed by atoms with Crippen molar-refractivity contribution < 1.29 is 14.9 Å². The maximum absolute atomic E-state index is 8.47.